The van der Waals surface area contributed by atoms with Gasteiger partial charge >= 0.3 is 5.97 Å². The van der Waals surface area contributed by atoms with Crippen molar-refractivity contribution in [3.05, 3.63) is 28.8 Å². The highest BCUT2D eigenvalue weighted by molar-refractivity contribution is 7.99. The fraction of sp³-hybridized carbons (Fsp3) is 0.385. The second-order valence-electron chi connectivity index (χ2n) is 4.25. The maximum Gasteiger partial charge on any atom is 0.340 e. The Balaban J connectivity index is 2.15. The number of thioether (sulfide) groups is 1. The number of ether oxygens (including phenoxy) is 1. The van der Waals surface area contributed by atoms with Crippen molar-refractivity contribution in [2.45, 2.75) is 6.04 Å². The third kappa shape index (κ3) is 3.65. The molecule has 1 aliphatic heterocycles. The van der Waals surface area contributed by atoms with Crippen molar-refractivity contribution in [1.82, 2.24) is 5.32 Å². The predicted molar refractivity (Wildman–Crippen MR) is 80.5 cm³/mol. The van der Waals surface area contributed by atoms with Crippen LogP contribution in [0.4, 0.5) is 5.69 Å². The second-order valence-corrected chi connectivity index (χ2v) is 5.84. The molecule has 0 radical (unpaired) electrons. The van der Waals surface area contributed by atoms with Crippen molar-refractivity contribution in [1.29, 1.82) is 0 Å². The topological polar surface area (TPSA) is 67.4 Å². The maximum atomic E-state index is 12.1. The lowest BCUT2D eigenvalue weighted by molar-refractivity contribution is -0.117. The van der Waals surface area contributed by atoms with Gasteiger partial charge in [-0.25, -0.2) is 4.79 Å². The van der Waals surface area contributed by atoms with Crippen LogP contribution in [-0.4, -0.2) is 43.1 Å². The maximum absolute atomic E-state index is 12.1. The van der Waals surface area contributed by atoms with Crippen molar-refractivity contribution in [3.63, 3.8) is 0 Å². The van der Waals surface area contributed by atoms with Gasteiger partial charge < -0.3 is 15.4 Å². The van der Waals surface area contributed by atoms with Crippen LogP contribution in [0.15, 0.2) is 18.2 Å². The average Bonchev–Trinajstić information content (AvgIpc) is 2.49. The van der Waals surface area contributed by atoms with E-state index >= 15 is 0 Å². The summed E-state index contributed by atoms with van der Waals surface area (Å²) < 4.78 is 4.69. The largest absolute Gasteiger partial charge is 0.465 e. The van der Waals surface area contributed by atoms with Crippen LogP contribution in [0.2, 0.25) is 5.02 Å². The first-order chi connectivity index (χ1) is 9.61. The highest BCUT2D eigenvalue weighted by Crippen LogP contribution is 2.22. The van der Waals surface area contributed by atoms with E-state index in [1.165, 1.54) is 13.2 Å². The van der Waals surface area contributed by atoms with Gasteiger partial charge in [-0.15, -0.1) is 0 Å². The van der Waals surface area contributed by atoms with Crippen LogP contribution in [0, 0.1) is 0 Å². The van der Waals surface area contributed by atoms with Crippen LogP contribution in [0.5, 0.6) is 0 Å². The van der Waals surface area contributed by atoms with Gasteiger partial charge in [0, 0.05) is 23.1 Å². The quantitative estimate of drug-likeness (QED) is 0.832. The first-order valence-electron chi connectivity index (χ1n) is 6.11. The first kappa shape index (κ1) is 15.2. The standard InChI is InChI=1S/C13H15ClN2O3S/c1-19-13(18)9-6-8(14)2-3-10(9)16-12(17)11-7-20-5-4-15-11/h2-3,6,11,15H,4-5,7H2,1H3,(H,16,17). The molecule has 2 rings (SSSR count). The zero-order chi connectivity index (χ0) is 14.5. The van der Waals surface area contributed by atoms with Gasteiger partial charge in [-0.3, -0.25) is 4.79 Å². The van der Waals surface area contributed by atoms with Crippen molar-refractivity contribution < 1.29 is 14.3 Å². The Labute approximate surface area is 126 Å². The molecule has 7 heteroatoms. The second kappa shape index (κ2) is 6.97. The molecule has 0 saturated carbocycles. The Bertz CT molecular complexity index is 518. The van der Waals surface area contributed by atoms with E-state index < -0.39 is 5.97 Å². The molecule has 2 N–H and O–H groups in total. The zero-order valence-electron chi connectivity index (χ0n) is 10.9. The molecule has 1 aromatic rings. The predicted octanol–water partition coefficient (Wildman–Crippen LogP) is 1.77. The van der Waals surface area contributed by atoms with Crippen LogP contribution in [0.3, 0.4) is 0 Å². The molecule has 108 valence electrons. The number of esters is 1. The van der Waals surface area contributed by atoms with E-state index in [4.69, 9.17) is 16.3 Å². The number of carbonyl (C=O) groups excluding carboxylic acids is 2. The number of hydrogen-bond donors (Lipinski definition) is 2. The molecule has 0 spiro atoms. The summed E-state index contributed by atoms with van der Waals surface area (Å²) in [5, 5.41) is 6.30. The SMILES string of the molecule is COC(=O)c1cc(Cl)ccc1NC(=O)C1CSCCN1. The smallest absolute Gasteiger partial charge is 0.340 e. The summed E-state index contributed by atoms with van der Waals surface area (Å²) in [5.41, 5.74) is 0.653. The Hall–Kier alpha value is -1.24. The van der Waals surface area contributed by atoms with E-state index in [1.54, 1.807) is 23.9 Å². The number of anilines is 1. The molecule has 1 aliphatic rings. The molecule has 1 amide bonds. The fourth-order valence-electron chi connectivity index (χ4n) is 1.86. The van der Waals surface area contributed by atoms with E-state index in [0.29, 0.717) is 16.5 Å². The van der Waals surface area contributed by atoms with Crippen molar-refractivity contribution in [2.24, 2.45) is 0 Å². The van der Waals surface area contributed by atoms with Gasteiger partial charge in [0.2, 0.25) is 5.91 Å². The number of nitrogens with one attached hydrogen (secondary N) is 2. The summed E-state index contributed by atoms with van der Waals surface area (Å²) in [6, 6.07) is 4.44. The normalized spacial score (nSPS) is 18.4. The van der Waals surface area contributed by atoms with Crippen LogP contribution in [0.25, 0.3) is 0 Å². The number of halogens is 1. The molecule has 0 aliphatic carbocycles. The van der Waals surface area contributed by atoms with Gasteiger partial charge in [0.05, 0.1) is 24.4 Å². The molecule has 0 aromatic heterocycles. The van der Waals surface area contributed by atoms with Crippen molar-refractivity contribution in [2.75, 3.05) is 30.5 Å². The van der Waals surface area contributed by atoms with Gasteiger partial charge in [-0.05, 0) is 18.2 Å². The van der Waals surface area contributed by atoms with E-state index in [9.17, 15) is 9.59 Å². The summed E-state index contributed by atoms with van der Waals surface area (Å²) in [6.45, 7) is 0.799. The van der Waals surface area contributed by atoms with E-state index in [2.05, 4.69) is 10.6 Å². The van der Waals surface area contributed by atoms with Crippen LogP contribution in [-0.2, 0) is 9.53 Å². The van der Waals surface area contributed by atoms with E-state index in [-0.39, 0.29) is 17.5 Å². The van der Waals surface area contributed by atoms with Crippen LogP contribution >= 0.6 is 23.4 Å². The van der Waals surface area contributed by atoms with Gasteiger partial charge in [-0.2, -0.15) is 11.8 Å². The monoisotopic (exact) mass is 314 g/mol. The number of rotatable bonds is 3. The fourth-order valence-corrected chi connectivity index (χ4v) is 2.96. The third-order valence-electron chi connectivity index (χ3n) is 2.88. The van der Waals surface area contributed by atoms with Gasteiger partial charge in [-0.1, -0.05) is 11.6 Å². The van der Waals surface area contributed by atoms with Crippen LogP contribution < -0.4 is 10.6 Å². The summed E-state index contributed by atoms with van der Waals surface area (Å²) in [6.07, 6.45) is 0. The molecule has 1 fully saturated rings. The Morgan fingerprint density at radius 3 is 2.95 bits per heavy atom. The van der Waals surface area contributed by atoms with E-state index in [1.807, 2.05) is 0 Å². The Kier molecular flexibility index (Phi) is 5.28. The van der Waals surface area contributed by atoms with E-state index in [0.717, 1.165) is 12.3 Å². The summed E-state index contributed by atoms with van der Waals surface area (Å²) in [4.78, 5) is 23.8. The zero-order valence-corrected chi connectivity index (χ0v) is 12.5. The van der Waals surface area contributed by atoms with Crippen molar-refractivity contribution in [3.8, 4) is 0 Å². The minimum Gasteiger partial charge on any atom is -0.465 e. The first-order valence-corrected chi connectivity index (χ1v) is 7.65. The Morgan fingerprint density at radius 2 is 2.30 bits per heavy atom. The molecule has 1 saturated heterocycles. The van der Waals surface area contributed by atoms with Gasteiger partial charge in [0.25, 0.3) is 0 Å². The molecule has 1 unspecified atom stereocenters. The number of benzene rings is 1. The summed E-state index contributed by atoms with van der Waals surface area (Å²) in [5.74, 6) is 1.02. The van der Waals surface area contributed by atoms with Crippen LogP contribution in [0.1, 0.15) is 10.4 Å². The highest BCUT2D eigenvalue weighted by Gasteiger charge is 2.22. The highest BCUT2D eigenvalue weighted by atomic mass is 35.5. The summed E-state index contributed by atoms with van der Waals surface area (Å²) >= 11 is 7.59. The number of hydrogen-bond acceptors (Lipinski definition) is 5. The number of carbonyl (C=O) groups is 2. The molecule has 0 bridgehead atoms. The minimum absolute atomic E-state index is 0.162. The lowest BCUT2D eigenvalue weighted by Gasteiger charge is -2.22. The molecular formula is C13H15ClN2O3S. The third-order valence-corrected chi connectivity index (χ3v) is 4.18. The molecule has 5 nitrogen and oxygen atoms in total. The number of amides is 1. The Morgan fingerprint density at radius 1 is 1.50 bits per heavy atom. The number of methoxy groups -OCH3 is 1. The lowest BCUT2D eigenvalue weighted by Crippen LogP contribution is -2.46. The van der Waals surface area contributed by atoms with Crippen molar-refractivity contribution >= 4 is 40.9 Å². The molecule has 20 heavy (non-hydrogen) atoms. The molecule has 1 heterocycles. The molecular weight excluding hydrogens is 300 g/mol. The minimum atomic E-state index is -0.534. The van der Waals surface area contributed by atoms with Gasteiger partial charge in [0.15, 0.2) is 0 Å². The summed E-state index contributed by atoms with van der Waals surface area (Å²) in [7, 11) is 1.29. The van der Waals surface area contributed by atoms with Gasteiger partial charge in [0.1, 0.15) is 0 Å². The average molecular weight is 315 g/mol. The lowest BCUT2D eigenvalue weighted by atomic mass is 10.1. The molecule has 1 aromatic carbocycles. The molecule has 1 atom stereocenters.